The summed E-state index contributed by atoms with van der Waals surface area (Å²) in [7, 11) is 0.752. The second-order valence-corrected chi connectivity index (χ2v) is 5.75. The van der Waals surface area contributed by atoms with Crippen LogP contribution in [0.1, 0.15) is 33.1 Å². The van der Waals surface area contributed by atoms with E-state index < -0.39 is 10.8 Å². The predicted molar refractivity (Wildman–Crippen MR) is 65.2 cm³/mol. The van der Waals surface area contributed by atoms with E-state index in [-0.39, 0.29) is 11.2 Å². The molecule has 0 aliphatic rings. The topological polar surface area (TPSA) is 61.2 Å². The van der Waals surface area contributed by atoms with Gasteiger partial charge in [-0.15, -0.1) is 0 Å². The van der Waals surface area contributed by atoms with E-state index in [0.717, 1.165) is 6.42 Å². The Morgan fingerprint density at radius 2 is 2.19 bits per heavy atom. The first kappa shape index (κ1) is 15.1. The van der Waals surface area contributed by atoms with Gasteiger partial charge in [0.25, 0.3) is 0 Å². The number of rotatable bonds is 7. The first-order chi connectivity index (χ1) is 7.52. The molecule has 0 spiro atoms. The predicted octanol–water partition coefficient (Wildman–Crippen LogP) is 1.30. The van der Waals surface area contributed by atoms with Crippen LogP contribution in [0.3, 0.4) is 0 Å². The molecule has 1 amide bonds. The summed E-state index contributed by atoms with van der Waals surface area (Å²) in [5.74, 6) is 0.386. The van der Waals surface area contributed by atoms with Crippen molar-refractivity contribution >= 4 is 16.7 Å². The van der Waals surface area contributed by atoms with Gasteiger partial charge in [0.05, 0.1) is 12.5 Å². The van der Waals surface area contributed by atoms with Crippen molar-refractivity contribution in [3.05, 3.63) is 0 Å². The number of carbonyl (C=O) groups excluding carboxylic acids is 1. The van der Waals surface area contributed by atoms with Crippen LogP contribution in [-0.4, -0.2) is 39.6 Å². The third-order valence-electron chi connectivity index (χ3n) is 2.53. The highest BCUT2D eigenvalue weighted by Gasteiger charge is 2.13. The zero-order valence-electron chi connectivity index (χ0n) is 10.2. The van der Waals surface area contributed by atoms with Crippen LogP contribution < -0.4 is 0 Å². The van der Waals surface area contributed by atoms with E-state index in [0.29, 0.717) is 25.1 Å². The lowest BCUT2D eigenvalue weighted by Crippen LogP contribution is -2.29. The van der Waals surface area contributed by atoms with Gasteiger partial charge in [0.2, 0.25) is 5.91 Å². The fourth-order valence-corrected chi connectivity index (χ4v) is 2.26. The van der Waals surface area contributed by atoms with Crippen LogP contribution in [0, 0.1) is 11.3 Å². The first-order valence-electron chi connectivity index (χ1n) is 5.51. The fraction of sp³-hybridized carbons (Fsp3) is 0.818. The van der Waals surface area contributed by atoms with Crippen molar-refractivity contribution in [3.63, 3.8) is 0 Å². The van der Waals surface area contributed by atoms with E-state index in [1.807, 2.05) is 19.9 Å². The molecule has 0 heterocycles. The van der Waals surface area contributed by atoms with Crippen LogP contribution in [0.5, 0.6) is 0 Å². The monoisotopic (exact) mass is 244 g/mol. The van der Waals surface area contributed by atoms with Crippen LogP contribution in [0.4, 0.5) is 0 Å². The maximum absolute atomic E-state index is 11.6. The molecule has 16 heavy (non-hydrogen) atoms. The van der Waals surface area contributed by atoms with Gasteiger partial charge < -0.3 is 4.90 Å². The van der Waals surface area contributed by atoms with Crippen molar-refractivity contribution in [1.29, 1.82) is 5.26 Å². The average Bonchev–Trinajstić information content (AvgIpc) is 2.31. The zero-order valence-corrected chi connectivity index (χ0v) is 11.0. The average molecular weight is 244 g/mol. The van der Waals surface area contributed by atoms with E-state index in [4.69, 9.17) is 5.26 Å². The molecular formula is C11H20N2O2S. The summed E-state index contributed by atoms with van der Waals surface area (Å²) in [6.45, 7) is 4.37. The van der Waals surface area contributed by atoms with Gasteiger partial charge in [0, 0.05) is 41.8 Å². The minimum atomic E-state index is -0.920. The van der Waals surface area contributed by atoms with Crippen LogP contribution in [0.25, 0.3) is 0 Å². The highest BCUT2D eigenvalue weighted by Crippen LogP contribution is 2.03. The van der Waals surface area contributed by atoms with E-state index >= 15 is 0 Å². The minimum Gasteiger partial charge on any atom is -0.345 e. The van der Waals surface area contributed by atoms with Crippen LogP contribution in [0.15, 0.2) is 0 Å². The fourth-order valence-electron chi connectivity index (χ4n) is 1.11. The molecule has 0 radical (unpaired) electrons. The number of carbonyl (C=O) groups is 1. The van der Waals surface area contributed by atoms with Gasteiger partial charge in [-0.25, -0.2) is 0 Å². The van der Waals surface area contributed by atoms with Crippen molar-refractivity contribution in [2.24, 2.45) is 0 Å². The second-order valence-electron chi connectivity index (χ2n) is 3.78. The zero-order chi connectivity index (χ0) is 12.6. The summed E-state index contributed by atoms with van der Waals surface area (Å²) in [4.78, 5) is 13.1. The molecule has 0 rings (SSSR count). The Hall–Kier alpha value is -0.890. The van der Waals surface area contributed by atoms with Crippen LogP contribution >= 0.6 is 0 Å². The van der Waals surface area contributed by atoms with Crippen molar-refractivity contribution < 1.29 is 9.00 Å². The Morgan fingerprint density at radius 1 is 1.56 bits per heavy atom. The van der Waals surface area contributed by atoms with Gasteiger partial charge in [0.15, 0.2) is 0 Å². The number of hydrogen-bond donors (Lipinski definition) is 0. The van der Waals surface area contributed by atoms with Gasteiger partial charge in [-0.05, 0) is 6.42 Å². The molecular weight excluding hydrogens is 224 g/mol. The summed E-state index contributed by atoms with van der Waals surface area (Å²) in [5.41, 5.74) is 0. The molecule has 0 aliphatic heterocycles. The molecule has 0 saturated carbocycles. The number of amides is 1. The third kappa shape index (κ3) is 5.86. The van der Waals surface area contributed by atoms with Crippen LogP contribution in [0.2, 0.25) is 0 Å². The number of hydrogen-bond acceptors (Lipinski definition) is 3. The van der Waals surface area contributed by atoms with E-state index in [9.17, 15) is 9.00 Å². The second kappa shape index (κ2) is 8.28. The molecule has 2 unspecified atom stereocenters. The van der Waals surface area contributed by atoms with Gasteiger partial charge in [0.1, 0.15) is 0 Å². The molecule has 92 valence electrons. The molecule has 4 nitrogen and oxygen atoms in total. The lowest BCUT2D eigenvalue weighted by atomic mass is 10.3. The van der Waals surface area contributed by atoms with E-state index in [2.05, 4.69) is 0 Å². The van der Waals surface area contributed by atoms with Crippen molar-refractivity contribution in [2.45, 2.75) is 38.4 Å². The Kier molecular flexibility index (Phi) is 7.82. The Morgan fingerprint density at radius 3 is 2.69 bits per heavy atom. The quantitative estimate of drug-likeness (QED) is 0.678. The largest absolute Gasteiger partial charge is 0.345 e. The molecule has 0 aromatic heterocycles. The number of nitriles is 1. The van der Waals surface area contributed by atoms with Gasteiger partial charge in [-0.3, -0.25) is 9.00 Å². The molecule has 0 fully saturated rings. The summed E-state index contributed by atoms with van der Waals surface area (Å²) in [5, 5.41) is 8.53. The van der Waals surface area contributed by atoms with Gasteiger partial charge in [-0.1, -0.05) is 13.8 Å². The molecule has 0 aliphatic carbocycles. The molecule has 2 atom stereocenters. The van der Waals surface area contributed by atoms with Gasteiger partial charge >= 0.3 is 0 Å². The summed E-state index contributed by atoms with van der Waals surface area (Å²) in [6, 6.07) is 1.99. The SMILES string of the molecule is CCC(C)S(=O)CCC(=O)N(C)CCC#N. The van der Waals surface area contributed by atoms with Crippen molar-refractivity contribution in [3.8, 4) is 6.07 Å². The lowest BCUT2D eigenvalue weighted by Gasteiger charge is -2.15. The molecule has 0 N–H and O–H groups in total. The lowest BCUT2D eigenvalue weighted by molar-refractivity contribution is -0.129. The molecule has 0 aromatic carbocycles. The maximum Gasteiger partial charge on any atom is 0.223 e. The molecule has 5 heteroatoms. The molecule has 0 bridgehead atoms. The first-order valence-corrected chi connectivity index (χ1v) is 6.89. The summed E-state index contributed by atoms with van der Waals surface area (Å²) < 4.78 is 11.6. The number of nitrogens with zero attached hydrogens (tertiary/aromatic N) is 2. The Balaban J connectivity index is 3.89. The molecule has 0 saturated heterocycles. The normalized spacial score (nSPS) is 13.9. The summed E-state index contributed by atoms with van der Waals surface area (Å²) in [6.07, 6.45) is 1.51. The summed E-state index contributed by atoms with van der Waals surface area (Å²) >= 11 is 0. The highest BCUT2D eigenvalue weighted by molar-refractivity contribution is 7.85. The van der Waals surface area contributed by atoms with E-state index in [1.54, 1.807) is 7.05 Å². The van der Waals surface area contributed by atoms with Gasteiger partial charge in [-0.2, -0.15) is 5.26 Å². The van der Waals surface area contributed by atoms with Crippen LogP contribution in [-0.2, 0) is 15.6 Å². The Labute approximate surface area is 100 Å². The third-order valence-corrected chi connectivity index (χ3v) is 4.36. The standard InChI is InChI=1S/C11H20N2O2S/c1-4-10(2)16(15)9-6-11(14)13(3)8-5-7-12/h10H,4-6,8-9H2,1-3H3. The van der Waals surface area contributed by atoms with E-state index in [1.165, 1.54) is 4.90 Å². The maximum atomic E-state index is 11.6. The van der Waals surface area contributed by atoms with Crippen molar-refractivity contribution in [2.75, 3.05) is 19.3 Å². The Bertz CT molecular complexity index is 286. The molecule has 0 aromatic rings. The minimum absolute atomic E-state index is 0.0353. The smallest absolute Gasteiger partial charge is 0.223 e. The van der Waals surface area contributed by atoms with Crippen molar-refractivity contribution in [1.82, 2.24) is 4.90 Å². The highest BCUT2D eigenvalue weighted by atomic mass is 32.2.